The van der Waals surface area contributed by atoms with E-state index in [1.165, 1.54) is 0 Å². The average Bonchev–Trinajstić information content (AvgIpc) is 3.48. The van der Waals surface area contributed by atoms with Gasteiger partial charge in [-0.2, -0.15) is 0 Å². The number of fused-ring (bicyclic) bond motifs is 2. The van der Waals surface area contributed by atoms with Crippen LogP contribution in [0.1, 0.15) is 35.9 Å². The highest BCUT2D eigenvalue weighted by molar-refractivity contribution is 7.18. The van der Waals surface area contributed by atoms with Gasteiger partial charge in [0.05, 0.1) is 21.3 Å². The Labute approximate surface area is 202 Å². The van der Waals surface area contributed by atoms with Gasteiger partial charge in [0.25, 0.3) is 0 Å². The lowest BCUT2D eigenvalue weighted by Crippen LogP contribution is -2.44. The number of pyridine rings is 1. The number of nitrogens with one attached hydrogen (secondary N) is 1. The van der Waals surface area contributed by atoms with Crippen molar-refractivity contribution >= 4 is 44.7 Å². The van der Waals surface area contributed by atoms with Crippen LogP contribution in [0.25, 0.3) is 15.9 Å². The number of thiazole rings is 1. The van der Waals surface area contributed by atoms with Gasteiger partial charge in [0.2, 0.25) is 0 Å². The maximum Gasteiger partial charge on any atom is 0.313 e. The van der Waals surface area contributed by atoms with Crippen molar-refractivity contribution in [2.45, 2.75) is 31.7 Å². The lowest BCUT2D eigenvalue weighted by molar-refractivity contribution is -0.145. The first kappa shape index (κ1) is 22.5. The molecule has 4 heterocycles. The van der Waals surface area contributed by atoms with E-state index < -0.39 is 11.8 Å². The van der Waals surface area contributed by atoms with E-state index in [1.54, 1.807) is 34.6 Å². The van der Waals surface area contributed by atoms with Gasteiger partial charge in [0.15, 0.2) is 0 Å². The van der Waals surface area contributed by atoms with E-state index in [2.05, 4.69) is 47.5 Å². The number of likely N-dealkylation sites (N-methyl/N-ethyl adjacent to an activating group) is 1. The van der Waals surface area contributed by atoms with Crippen molar-refractivity contribution in [3.63, 3.8) is 0 Å². The van der Waals surface area contributed by atoms with Crippen LogP contribution in [-0.4, -0.2) is 63.2 Å². The van der Waals surface area contributed by atoms with Crippen LogP contribution in [0.3, 0.4) is 0 Å². The second kappa shape index (κ2) is 9.52. The number of hydrogen-bond acceptors (Lipinski definition) is 6. The standard InChI is InChI=1S/C25H28N6O2S/c1-29(2)12-9-23-28-19-15-17(6-7-21(19)34-23)20-5-3-4-11-31(20)25(33)24(32)27-18-8-13-30-14-10-26-22(30)16-18/h6-8,10,13-16,20H,3-5,9,11-12H2,1-2H3,(H,27,32)/t20-/m0/s1. The lowest BCUT2D eigenvalue weighted by Gasteiger charge is -2.35. The smallest absolute Gasteiger partial charge is 0.313 e. The first-order valence-corrected chi connectivity index (χ1v) is 12.4. The minimum absolute atomic E-state index is 0.127. The highest BCUT2D eigenvalue weighted by Gasteiger charge is 2.32. The highest BCUT2D eigenvalue weighted by atomic mass is 32.1. The van der Waals surface area contributed by atoms with E-state index in [4.69, 9.17) is 4.98 Å². The fourth-order valence-electron chi connectivity index (χ4n) is 4.45. The topological polar surface area (TPSA) is 82.8 Å². The average molecular weight is 477 g/mol. The monoisotopic (exact) mass is 476 g/mol. The molecule has 0 saturated carbocycles. The number of carbonyl (C=O) groups excluding carboxylic acids is 2. The maximum atomic E-state index is 13.2. The number of piperidine rings is 1. The van der Waals surface area contributed by atoms with E-state index >= 15 is 0 Å². The van der Waals surface area contributed by atoms with Crippen LogP contribution >= 0.6 is 11.3 Å². The Morgan fingerprint density at radius 1 is 1.18 bits per heavy atom. The number of hydrogen-bond donors (Lipinski definition) is 1. The van der Waals surface area contributed by atoms with Crippen molar-refractivity contribution in [1.29, 1.82) is 0 Å². The van der Waals surface area contributed by atoms with Gasteiger partial charge in [-0.1, -0.05) is 6.07 Å². The van der Waals surface area contributed by atoms with Crippen LogP contribution < -0.4 is 5.32 Å². The SMILES string of the molecule is CN(C)CCc1nc2cc([C@@H]3CCCCN3C(=O)C(=O)Nc3ccn4ccnc4c3)ccc2s1. The molecule has 0 radical (unpaired) electrons. The molecule has 2 amide bonds. The number of imidazole rings is 1. The van der Waals surface area contributed by atoms with Crippen LogP contribution in [0.4, 0.5) is 5.69 Å². The molecule has 8 nitrogen and oxygen atoms in total. The molecule has 9 heteroatoms. The second-order valence-electron chi connectivity index (χ2n) is 8.96. The molecule has 0 unspecified atom stereocenters. The van der Waals surface area contributed by atoms with Gasteiger partial charge in [0, 0.05) is 49.9 Å². The minimum atomic E-state index is -0.622. The molecule has 176 valence electrons. The fourth-order valence-corrected chi connectivity index (χ4v) is 5.39. The molecule has 0 aliphatic carbocycles. The molecular formula is C25H28N6O2S. The van der Waals surface area contributed by atoms with Crippen LogP contribution in [-0.2, 0) is 16.0 Å². The van der Waals surface area contributed by atoms with Crippen molar-refractivity contribution in [3.8, 4) is 0 Å². The Hall–Kier alpha value is -3.30. The zero-order valence-electron chi connectivity index (χ0n) is 19.4. The first-order chi connectivity index (χ1) is 16.5. The molecular weight excluding hydrogens is 448 g/mol. The zero-order chi connectivity index (χ0) is 23.7. The van der Waals surface area contributed by atoms with E-state index in [-0.39, 0.29) is 6.04 Å². The molecule has 1 atom stereocenters. The molecule has 1 saturated heterocycles. The summed E-state index contributed by atoms with van der Waals surface area (Å²) in [5.41, 5.74) is 3.27. The van der Waals surface area contributed by atoms with Crippen molar-refractivity contribution < 1.29 is 9.59 Å². The van der Waals surface area contributed by atoms with Crippen molar-refractivity contribution in [1.82, 2.24) is 24.2 Å². The third kappa shape index (κ3) is 4.67. The van der Waals surface area contributed by atoms with Crippen LogP contribution in [0.2, 0.25) is 0 Å². The third-order valence-electron chi connectivity index (χ3n) is 6.23. The van der Waals surface area contributed by atoms with E-state index in [1.807, 2.05) is 16.8 Å². The number of likely N-dealkylation sites (tertiary alicyclic amines) is 1. The van der Waals surface area contributed by atoms with Gasteiger partial charge < -0.3 is 19.5 Å². The number of benzene rings is 1. The van der Waals surface area contributed by atoms with Gasteiger partial charge in [0.1, 0.15) is 5.65 Å². The van der Waals surface area contributed by atoms with E-state index in [9.17, 15) is 9.59 Å². The summed E-state index contributed by atoms with van der Waals surface area (Å²) in [6.07, 6.45) is 8.99. The summed E-state index contributed by atoms with van der Waals surface area (Å²) in [5, 5.41) is 3.87. The van der Waals surface area contributed by atoms with Crippen molar-refractivity contribution in [3.05, 3.63) is 59.5 Å². The molecule has 1 aliphatic heterocycles. The maximum absolute atomic E-state index is 13.2. The molecule has 0 spiro atoms. The largest absolute Gasteiger partial charge is 0.327 e. The lowest BCUT2D eigenvalue weighted by atomic mass is 9.95. The molecule has 34 heavy (non-hydrogen) atoms. The predicted molar refractivity (Wildman–Crippen MR) is 134 cm³/mol. The van der Waals surface area contributed by atoms with Gasteiger partial charge >= 0.3 is 11.8 Å². The summed E-state index contributed by atoms with van der Waals surface area (Å²) >= 11 is 1.72. The van der Waals surface area contributed by atoms with Gasteiger partial charge in [-0.25, -0.2) is 9.97 Å². The summed E-state index contributed by atoms with van der Waals surface area (Å²) in [7, 11) is 4.12. The molecule has 1 N–H and O–H groups in total. The van der Waals surface area contributed by atoms with Crippen LogP contribution in [0.5, 0.6) is 0 Å². The molecule has 0 bridgehead atoms. The van der Waals surface area contributed by atoms with E-state index in [0.29, 0.717) is 17.9 Å². The van der Waals surface area contributed by atoms with Crippen molar-refractivity contribution in [2.24, 2.45) is 0 Å². The number of rotatable bonds is 5. The Kier molecular flexibility index (Phi) is 6.30. The molecule has 1 aromatic carbocycles. The molecule has 4 aromatic rings. The zero-order valence-corrected chi connectivity index (χ0v) is 20.2. The number of amides is 2. The highest BCUT2D eigenvalue weighted by Crippen LogP contribution is 2.34. The Morgan fingerprint density at radius 2 is 2.06 bits per heavy atom. The van der Waals surface area contributed by atoms with Crippen LogP contribution in [0.15, 0.2) is 48.9 Å². The number of carbonyl (C=O) groups is 2. The van der Waals surface area contributed by atoms with Crippen LogP contribution in [0, 0.1) is 0 Å². The van der Waals surface area contributed by atoms with E-state index in [0.717, 1.165) is 53.0 Å². The summed E-state index contributed by atoms with van der Waals surface area (Å²) in [5.74, 6) is -1.12. The number of aromatic nitrogens is 3. The van der Waals surface area contributed by atoms with Gasteiger partial charge in [-0.15, -0.1) is 11.3 Å². The Bertz CT molecular complexity index is 1340. The Balaban J connectivity index is 1.34. The van der Waals surface area contributed by atoms with Crippen molar-refractivity contribution in [2.75, 3.05) is 32.5 Å². The third-order valence-corrected chi connectivity index (χ3v) is 7.32. The summed E-state index contributed by atoms with van der Waals surface area (Å²) in [6.45, 7) is 1.53. The molecule has 1 aliphatic rings. The molecule has 5 rings (SSSR count). The second-order valence-corrected chi connectivity index (χ2v) is 10.1. The summed E-state index contributed by atoms with van der Waals surface area (Å²) in [4.78, 5) is 39.0. The fraction of sp³-hybridized carbons (Fsp3) is 0.360. The molecule has 3 aromatic heterocycles. The normalized spacial score (nSPS) is 16.4. The minimum Gasteiger partial charge on any atom is -0.327 e. The Morgan fingerprint density at radius 3 is 2.91 bits per heavy atom. The summed E-state index contributed by atoms with van der Waals surface area (Å²) < 4.78 is 3.00. The number of anilines is 1. The predicted octanol–water partition coefficient (Wildman–Crippen LogP) is 3.74. The molecule has 1 fully saturated rings. The quantitative estimate of drug-likeness (QED) is 0.444. The number of nitrogens with zero attached hydrogens (tertiary/aromatic N) is 5. The van der Waals surface area contributed by atoms with Gasteiger partial charge in [-0.05, 0) is 57.1 Å². The van der Waals surface area contributed by atoms with Gasteiger partial charge in [-0.3, -0.25) is 9.59 Å². The first-order valence-electron chi connectivity index (χ1n) is 11.6. The summed E-state index contributed by atoms with van der Waals surface area (Å²) in [6, 6.07) is 9.65.